The third kappa shape index (κ3) is 6.42. The smallest absolute Gasteiger partial charge is 0.164 e. The number of nitrogens with zero attached hydrogens (tertiary/aromatic N) is 4. The maximum atomic E-state index is 5.05. The molecule has 5 heteroatoms. The molecule has 2 atom stereocenters. The van der Waals surface area contributed by atoms with Crippen molar-refractivity contribution in [1.82, 2.24) is 20.3 Å². The fraction of sp³-hybridized carbons (Fsp3) is 0.179. The summed E-state index contributed by atoms with van der Waals surface area (Å²) in [5, 5.41) is 3.49. The summed E-state index contributed by atoms with van der Waals surface area (Å²) in [6, 6.07) is 29.3. The highest BCUT2D eigenvalue weighted by Gasteiger charge is 2.23. The molecule has 44 heavy (non-hydrogen) atoms. The van der Waals surface area contributed by atoms with Crippen molar-refractivity contribution in [2.45, 2.75) is 46.1 Å². The topological polar surface area (TPSA) is 63.1 Å². The second-order valence-corrected chi connectivity index (χ2v) is 11.2. The Morgan fingerprint density at radius 3 is 1.93 bits per heavy atom. The maximum Gasteiger partial charge on any atom is 0.164 e. The standard InChI is InChI=1S/C39H37N5/c1-5-13-28(6-2)33-23-34(29-18-20-32(21-19-29)36-40-26(3)22-27(4)41-36)25-35(24-33)39-43-37(30-14-9-7-10-15-30)42-38(44-39)31-16-11-8-12-17-31/h5-24,26,34H,25H2,1-4H3,(H,40,41)/b13-5-,28-6+. The zero-order valence-electron chi connectivity index (χ0n) is 25.7. The molecule has 1 aliphatic heterocycles. The van der Waals surface area contributed by atoms with E-state index in [2.05, 4.69) is 86.8 Å². The summed E-state index contributed by atoms with van der Waals surface area (Å²) < 4.78 is 0. The maximum absolute atomic E-state index is 5.05. The third-order valence-corrected chi connectivity index (χ3v) is 7.88. The molecular formula is C39H37N5. The third-order valence-electron chi connectivity index (χ3n) is 7.88. The highest BCUT2D eigenvalue weighted by atomic mass is 15.0. The van der Waals surface area contributed by atoms with Crippen LogP contribution in [0.25, 0.3) is 28.3 Å². The second-order valence-electron chi connectivity index (χ2n) is 11.2. The van der Waals surface area contributed by atoms with Gasteiger partial charge in [-0.05, 0) is 68.6 Å². The fourth-order valence-electron chi connectivity index (χ4n) is 5.75. The molecule has 2 heterocycles. The first-order valence-electron chi connectivity index (χ1n) is 15.2. The minimum absolute atomic E-state index is 0.151. The minimum atomic E-state index is 0.151. The predicted octanol–water partition coefficient (Wildman–Crippen LogP) is 8.87. The van der Waals surface area contributed by atoms with Crippen LogP contribution in [0.15, 0.2) is 143 Å². The van der Waals surface area contributed by atoms with Gasteiger partial charge in [0, 0.05) is 34.3 Å². The zero-order valence-corrected chi connectivity index (χ0v) is 25.7. The number of hydrogen-bond acceptors (Lipinski definition) is 5. The molecule has 2 aliphatic rings. The molecule has 0 fully saturated rings. The van der Waals surface area contributed by atoms with Gasteiger partial charge in [-0.2, -0.15) is 0 Å². The lowest BCUT2D eigenvalue weighted by atomic mass is 9.82. The summed E-state index contributed by atoms with van der Waals surface area (Å²) in [6.07, 6.45) is 13.9. The quantitative estimate of drug-likeness (QED) is 0.224. The van der Waals surface area contributed by atoms with Gasteiger partial charge in [-0.25, -0.2) is 19.9 Å². The number of amidine groups is 1. The average Bonchev–Trinajstić information content (AvgIpc) is 3.07. The van der Waals surface area contributed by atoms with Crippen LogP contribution in [-0.2, 0) is 0 Å². The van der Waals surface area contributed by atoms with E-state index in [-0.39, 0.29) is 12.0 Å². The van der Waals surface area contributed by atoms with Crippen molar-refractivity contribution in [3.63, 3.8) is 0 Å². The van der Waals surface area contributed by atoms with E-state index in [9.17, 15) is 0 Å². The molecule has 218 valence electrons. The molecule has 0 radical (unpaired) electrons. The molecule has 1 N–H and O–H groups in total. The Kier molecular flexibility index (Phi) is 8.55. The number of hydrogen-bond donors (Lipinski definition) is 1. The average molecular weight is 576 g/mol. The summed E-state index contributed by atoms with van der Waals surface area (Å²) in [5.41, 5.74) is 8.72. The van der Waals surface area contributed by atoms with Crippen LogP contribution in [-0.4, -0.2) is 26.8 Å². The van der Waals surface area contributed by atoms with Crippen LogP contribution in [0.2, 0.25) is 0 Å². The van der Waals surface area contributed by atoms with Crippen molar-refractivity contribution in [2.75, 3.05) is 0 Å². The molecule has 3 aromatic carbocycles. The van der Waals surface area contributed by atoms with E-state index in [0.29, 0.717) is 17.5 Å². The van der Waals surface area contributed by atoms with Crippen LogP contribution in [0.5, 0.6) is 0 Å². The van der Waals surface area contributed by atoms with E-state index in [1.54, 1.807) is 0 Å². The molecular weight excluding hydrogens is 538 g/mol. The van der Waals surface area contributed by atoms with Gasteiger partial charge < -0.3 is 5.32 Å². The lowest BCUT2D eigenvalue weighted by Crippen LogP contribution is -2.34. The molecule has 0 saturated carbocycles. The summed E-state index contributed by atoms with van der Waals surface area (Å²) >= 11 is 0. The van der Waals surface area contributed by atoms with E-state index in [1.807, 2.05) is 67.6 Å². The predicted molar refractivity (Wildman–Crippen MR) is 182 cm³/mol. The number of aliphatic imine (C=N–C) groups is 1. The number of nitrogens with one attached hydrogen (secondary N) is 1. The van der Waals surface area contributed by atoms with Crippen molar-refractivity contribution in [1.29, 1.82) is 0 Å². The van der Waals surface area contributed by atoms with Crippen molar-refractivity contribution >= 4 is 11.4 Å². The van der Waals surface area contributed by atoms with E-state index in [0.717, 1.165) is 45.8 Å². The van der Waals surface area contributed by atoms with Gasteiger partial charge in [0.05, 0.1) is 0 Å². The van der Waals surface area contributed by atoms with Crippen LogP contribution in [0.1, 0.15) is 57.0 Å². The highest BCUT2D eigenvalue weighted by molar-refractivity contribution is 6.00. The van der Waals surface area contributed by atoms with Gasteiger partial charge in [0.1, 0.15) is 5.84 Å². The Balaban J connectivity index is 1.42. The normalized spacial score (nSPS) is 18.7. The first kappa shape index (κ1) is 28.9. The Hall–Kier alpha value is -5.16. The summed E-state index contributed by atoms with van der Waals surface area (Å²) in [4.78, 5) is 19.7. The van der Waals surface area contributed by atoms with E-state index < -0.39 is 0 Å². The SMILES string of the molecule is C/C=C\C(=C/C)C1=CC(c2ccc(C3=NC(C)=CC(C)N3)cc2)CC(c2nc(-c3ccccc3)nc(-c3ccccc3)n2)=C1. The number of aromatic nitrogens is 3. The largest absolute Gasteiger partial charge is 0.364 e. The van der Waals surface area contributed by atoms with Crippen molar-refractivity contribution in [3.8, 4) is 22.8 Å². The number of allylic oxidation sites excluding steroid dienone is 9. The number of rotatable bonds is 7. The minimum Gasteiger partial charge on any atom is -0.364 e. The lowest BCUT2D eigenvalue weighted by Gasteiger charge is -2.24. The second kappa shape index (κ2) is 13.0. The Labute approximate surface area is 260 Å². The molecule has 0 spiro atoms. The highest BCUT2D eigenvalue weighted by Crippen LogP contribution is 2.38. The Bertz CT molecular complexity index is 1770. The molecule has 6 rings (SSSR count). The van der Waals surface area contributed by atoms with E-state index >= 15 is 0 Å². The Morgan fingerprint density at radius 2 is 1.36 bits per heavy atom. The van der Waals surface area contributed by atoms with Crippen LogP contribution in [0.3, 0.4) is 0 Å². The van der Waals surface area contributed by atoms with Crippen LogP contribution in [0.4, 0.5) is 0 Å². The molecule has 0 bridgehead atoms. The van der Waals surface area contributed by atoms with E-state index in [1.165, 1.54) is 11.1 Å². The van der Waals surface area contributed by atoms with E-state index in [4.69, 9.17) is 19.9 Å². The zero-order chi connectivity index (χ0) is 30.5. The lowest BCUT2D eigenvalue weighted by molar-refractivity contribution is 0.778. The van der Waals surface area contributed by atoms with Gasteiger partial charge >= 0.3 is 0 Å². The Morgan fingerprint density at radius 1 is 0.750 bits per heavy atom. The summed E-state index contributed by atoms with van der Waals surface area (Å²) in [7, 11) is 0. The molecule has 5 nitrogen and oxygen atoms in total. The first-order chi connectivity index (χ1) is 21.5. The molecule has 0 saturated heterocycles. The van der Waals surface area contributed by atoms with Crippen LogP contribution < -0.4 is 5.32 Å². The summed E-state index contributed by atoms with van der Waals surface area (Å²) in [6.45, 7) is 8.33. The van der Waals surface area contributed by atoms with Gasteiger partial charge in [-0.3, -0.25) is 0 Å². The van der Waals surface area contributed by atoms with Gasteiger partial charge in [-0.1, -0.05) is 109 Å². The van der Waals surface area contributed by atoms with Gasteiger partial charge in [0.2, 0.25) is 0 Å². The van der Waals surface area contributed by atoms with Crippen molar-refractivity contribution < 1.29 is 0 Å². The molecule has 0 amide bonds. The van der Waals surface area contributed by atoms with Crippen LogP contribution in [0, 0.1) is 0 Å². The fourth-order valence-corrected chi connectivity index (χ4v) is 5.75. The first-order valence-corrected chi connectivity index (χ1v) is 15.2. The monoisotopic (exact) mass is 575 g/mol. The van der Waals surface area contributed by atoms with Gasteiger partial charge in [0.15, 0.2) is 17.5 Å². The molecule has 4 aromatic rings. The number of benzene rings is 3. The summed E-state index contributed by atoms with van der Waals surface area (Å²) in [5.74, 6) is 3.12. The van der Waals surface area contributed by atoms with Gasteiger partial charge in [0.25, 0.3) is 0 Å². The molecule has 1 aliphatic carbocycles. The van der Waals surface area contributed by atoms with Gasteiger partial charge in [-0.15, -0.1) is 0 Å². The molecule has 1 aromatic heterocycles. The van der Waals surface area contributed by atoms with Crippen LogP contribution >= 0.6 is 0 Å². The molecule has 2 unspecified atom stereocenters. The van der Waals surface area contributed by atoms with Crippen molar-refractivity contribution in [3.05, 3.63) is 155 Å². The van der Waals surface area contributed by atoms with Crippen molar-refractivity contribution in [2.24, 2.45) is 4.99 Å².